The summed E-state index contributed by atoms with van der Waals surface area (Å²) in [6.45, 7) is 0.261. The number of nitrogens with one attached hydrogen (secondary N) is 2. The highest BCUT2D eigenvalue weighted by molar-refractivity contribution is 6.05. The van der Waals surface area contributed by atoms with Crippen molar-refractivity contribution in [1.29, 1.82) is 0 Å². The summed E-state index contributed by atoms with van der Waals surface area (Å²) in [6.07, 6.45) is -2.87. The van der Waals surface area contributed by atoms with Gasteiger partial charge in [0.1, 0.15) is 0 Å². The largest absolute Gasteiger partial charge is 0.416 e. The second-order valence-corrected chi connectivity index (χ2v) is 6.11. The molecule has 2 amide bonds. The number of alkyl halides is 3. The van der Waals surface area contributed by atoms with Gasteiger partial charge >= 0.3 is 6.18 Å². The zero-order valence-electron chi connectivity index (χ0n) is 15.0. The van der Waals surface area contributed by atoms with Gasteiger partial charge < -0.3 is 10.6 Å². The Morgan fingerprint density at radius 1 is 0.862 bits per heavy atom. The maximum atomic E-state index is 12.8. The molecule has 0 bridgehead atoms. The Kier molecular flexibility index (Phi) is 5.92. The Morgan fingerprint density at radius 3 is 2.17 bits per heavy atom. The van der Waals surface area contributed by atoms with E-state index in [1.807, 2.05) is 6.07 Å². The number of amides is 2. The van der Waals surface area contributed by atoms with Crippen molar-refractivity contribution in [1.82, 2.24) is 10.3 Å². The lowest BCUT2D eigenvalue weighted by atomic mass is 10.1. The van der Waals surface area contributed by atoms with Crippen molar-refractivity contribution in [3.05, 3.63) is 95.3 Å². The molecule has 2 aromatic carbocycles. The smallest absolute Gasteiger partial charge is 0.346 e. The number of rotatable bonds is 5. The van der Waals surface area contributed by atoms with E-state index in [1.165, 1.54) is 36.4 Å². The number of hydrogen-bond acceptors (Lipinski definition) is 3. The van der Waals surface area contributed by atoms with Crippen LogP contribution in [0.1, 0.15) is 32.0 Å². The molecule has 0 aliphatic carbocycles. The van der Waals surface area contributed by atoms with E-state index >= 15 is 0 Å². The van der Waals surface area contributed by atoms with Gasteiger partial charge in [-0.2, -0.15) is 13.2 Å². The van der Waals surface area contributed by atoms with E-state index in [0.717, 1.165) is 12.1 Å². The number of halogens is 3. The van der Waals surface area contributed by atoms with Crippen LogP contribution in [0.15, 0.2) is 72.9 Å². The van der Waals surface area contributed by atoms with E-state index in [1.54, 1.807) is 18.3 Å². The summed E-state index contributed by atoms with van der Waals surface area (Å²) in [5.74, 6) is -0.912. The Balaban J connectivity index is 1.62. The number of hydrogen-bond donors (Lipinski definition) is 2. The molecule has 0 atom stereocenters. The first-order chi connectivity index (χ1) is 13.8. The van der Waals surface area contributed by atoms with Crippen LogP contribution in [-0.2, 0) is 12.7 Å². The van der Waals surface area contributed by atoms with Crippen LogP contribution in [0.4, 0.5) is 18.9 Å². The highest BCUT2D eigenvalue weighted by Gasteiger charge is 2.30. The third kappa shape index (κ3) is 5.41. The van der Waals surface area contributed by atoms with Crippen molar-refractivity contribution in [2.75, 3.05) is 5.32 Å². The molecule has 148 valence electrons. The maximum Gasteiger partial charge on any atom is 0.416 e. The molecule has 0 saturated carbocycles. The average Bonchev–Trinajstić information content (AvgIpc) is 2.72. The fourth-order valence-corrected chi connectivity index (χ4v) is 2.53. The van der Waals surface area contributed by atoms with E-state index in [4.69, 9.17) is 0 Å². The number of carbonyl (C=O) groups is 2. The van der Waals surface area contributed by atoms with Crippen molar-refractivity contribution < 1.29 is 22.8 Å². The molecule has 0 spiro atoms. The first-order valence-electron chi connectivity index (χ1n) is 8.60. The summed E-state index contributed by atoms with van der Waals surface area (Å²) < 4.78 is 38.3. The van der Waals surface area contributed by atoms with Gasteiger partial charge in [0.2, 0.25) is 0 Å². The van der Waals surface area contributed by atoms with Gasteiger partial charge in [-0.1, -0.05) is 12.1 Å². The normalized spacial score (nSPS) is 11.0. The third-order valence-electron chi connectivity index (χ3n) is 4.01. The van der Waals surface area contributed by atoms with Gasteiger partial charge in [-0.15, -0.1) is 0 Å². The Labute approximate surface area is 164 Å². The highest BCUT2D eigenvalue weighted by Crippen LogP contribution is 2.30. The highest BCUT2D eigenvalue weighted by atomic mass is 19.4. The molecule has 0 aliphatic rings. The molecule has 0 fully saturated rings. The van der Waals surface area contributed by atoms with Crippen LogP contribution in [-0.4, -0.2) is 16.8 Å². The van der Waals surface area contributed by atoms with E-state index in [-0.39, 0.29) is 23.7 Å². The van der Waals surface area contributed by atoms with Gasteiger partial charge in [0.25, 0.3) is 11.8 Å². The van der Waals surface area contributed by atoms with E-state index in [0.29, 0.717) is 11.3 Å². The van der Waals surface area contributed by atoms with Crippen molar-refractivity contribution in [2.24, 2.45) is 0 Å². The van der Waals surface area contributed by atoms with Crippen LogP contribution in [0.3, 0.4) is 0 Å². The number of pyridine rings is 1. The van der Waals surface area contributed by atoms with Crippen LogP contribution in [0.25, 0.3) is 0 Å². The average molecular weight is 399 g/mol. The molecule has 0 radical (unpaired) electrons. The quantitative estimate of drug-likeness (QED) is 0.673. The van der Waals surface area contributed by atoms with Gasteiger partial charge in [0.05, 0.1) is 17.8 Å². The SMILES string of the molecule is O=C(NCc1ccccn1)c1ccc(C(=O)Nc2cccc(C(F)(F)F)c2)cc1. The van der Waals surface area contributed by atoms with E-state index in [9.17, 15) is 22.8 Å². The molecule has 29 heavy (non-hydrogen) atoms. The van der Waals surface area contributed by atoms with Gasteiger partial charge in [0.15, 0.2) is 0 Å². The van der Waals surface area contributed by atoms with Crippen LogP contribution in [0.2, 0.25) is 0 Å². The van der Waals surface area contributed by atoms with Crippen LogP contribution < -0.4 is 10.6 Å². The van der Waals surface area contributed by atoms with Crippen LogP contribution >= 0.6 is 0 Å². The molecule has 1 aromatic heterocycles. The number of anilines is 1. The zero-order chi connectivity index (χ0) is 20.9. The zero-order valence-corrected chi connectivity index (χ0v) is 15.0. The van der Waals surface area contributed by atoms with Crippen molar-refractivity contribution >= 4 is 17.5 Å². The molecule has 0 saturated heterocycles. The topological polar surface area (TPSA) is 71.1 Å². The second kappa shape index (κ2) is 8.55. The summed E-state index contributed by atoms with van der Waals surface area (Å²) in [5, 5.41) is 5.13. The lowest BCUT2D eigenvalue weighted by molar-refractivity contribution is -0.137. The van der Waals surface area contributed by atoms with Crippen molar-refractivity contribution in [2.45, 2.75) is 12.7 Å². The van der Waals surface area contributed by atoms with E-state index < -0.39 is 17.6 Å². The van der Waals surface area contributed by atoms with Gasteiger partial charge in [0, 0.05) is 23.0 Å². The van der Waals surface area contributed by atoms with Gasteiger partial charge in [-0.3, -0.25) is 14.6 Å². The molecule has 5 nitrogen and oxygen atoms in total. The molecular formula is C21H16F3N3O2. The van der Waals surface area contributed by atoms with Crippen molar-refractivity contribution in [3.63, 3.8) is 0 Å². The lowest BCUT2D eigenvalue weighted by Gasteiger charge is -2.10. The van der Waals surface area contributed by atoms with Crippen LogP contribution in [0, 0.1) is 0 Å². The minimum atomic E-state index is -4.50. The number of carbonyl (C=O) groups excluding carboxylic acids is 2. The van der Waals surface area contributed by atoms with Gasteiger partial charge in [-0.05, 0) is 54.6 Å². The molecule has 1 heterocycles. The van der Waals surface area contributed by atoms with Crippen molar-refractivity contribution in [3.8, 4) is 0 Å². The predicted octanol–water partition coefficient (Wildman–Crippen LogP) is 4.28. The second-order valence-electron chi connectivity index (χ2n) is 6.11. The Bertz CT molecular complexity index is 1000. The first kappa shape index (κ1) is 20.1. The first-order valence-corrected chi connectivity index (χ1v) is 8.60. The molecular weight excluding hydrogens is 383 g/mol. The Hall–Kier alpha value is -3.68. The molecule has 3 aromatic rings. The number of nitrogens with zero attached hydrogens (tertiary/aromatic N) is 1. The number of aromatic nitrogens is 1. The molecule has 2 N–H and O–H groups in total. The third-order valence-corrected chi connectivity index (χ3v) is 4.01. The molecule has 0 unspecified atom stereocenters. The maximum absolute atomic E-state index is 12.8. The van der Waals surface area contributed by atoms with Crippen LogP contribution in [0.5, 0.6) is 0 Å². The summed E-state index contributed by atoms with van der Waals surface area (Å²) in [5.41, 5.74) is 0.440. The molecule has 0 aliphatic heterocycles. The summed E-state index contributed by atoms with van der Waals surface area (Å²) >= 11 is 0. The monoisotopic (exact) mass is 399 g/mol. The molecule has 3 rings (SSSR count). The minimum absolute atomic E-state index is 0.0296. The molecule has 8 heteroatoms. The standard InChI is InChI=1S/C21H16F3N3O2/c22-21(23,24)16-4-3-6-17(12-16)27-20(29)15-9-7-14(8-10-15)19(28)26-13-18-5-1-2-11-25-18/h1-12H,13H2,(H,26,28)(H,27,29). The fourth-order valence-electron chi connectivity index (χ4n) is 2.53. The summed E-state index contributed by atoms with van der Waals surface area (Å²) in [7, 11) is 0. The number of benzene rings is 2. The van der Waals surface area contributed by atoms with Gasteiger partial charge in [-0.25, -0.2) is 0 Å². The summed E-state index contributed by atoms with van der Waals surface area (Å²) in [6, 6.07) is 15.5. The predicted molar refractivity (Wildman–Crippen MR) is 101 cm³/mol. The summed E-state index contributed by atoms with van der Waals surface area (Å²) in [4.78, 5) is 28.5. The lowest BCUT2D eigenvalue weighted by Crippen LogP contribution is -2.23. The Morgan fingerprint density at radius 2 is 1.55 bits per heavy atom. The van der Waals surface area contributed by atoms with E-state index in [2.05, 4.69) is 15.6 Å². The fraction of sp³-hybridized carbons (Fsp3) is 0.0952. The minimum Gasteiger partial charge on any atom is -0.346 e.